The third kappa shape index (κ3) is 6.28. The topological polar surface area (TPSA) is 124 Å². The predicted octanol–water partition coefficient (Wildman–Crippen LogP) is 2.62. The van der Waals surface area contributed by atoms with Crippen molar-refractivity contribution in [1.82, 2.24) is 20.1 Å². The molecule has 0 saturated carbocycles. The Morgan fingerprint density at radius 3 is 2.61 bits per heavy atom. The molecule has 17 heteroatoms. The van der Waals surface area contributed by atoms with Crippen LogP contribution < -0.4 is 20.7 Å². The Balaban J connectivity index is 1.32. The van der Waals surface area contributed by atoms with Gasteiger partial charge in [-0.1, -0.05) is 6.58 Å². The molecule has 1 fully saturated rings. The summed E-state index contributed by atoms with van der Waals surface area (Å²) in [4.78, 5) is 45.4. The van der Waals surface area contributed by atoms with Crippen LogP contribution in [0.5, 0.6) is 0 Å². The smallest absolute Gasteiger partial charge is 0.379 e. The van der Waals surface area contributed by atoms with Crippen LogP contribution >= 0.6 is 0 Å². The number of amides is 2. The van der Waals surface area contributed by atoms with Crippen LogP contribution in [0, 0.1) is 0 Å². The summed E-state index contributed by atoms with van der Waals surface area (Å²) >= 11 is 0. The number of ether oxygens (including phenoxy) is 1. The first-order valence-corrected chi connectivity index (χ1v) is 12.3. The Morgan fingerprint density at radius 1 is 1.22 bits per heavy atom. The molecule has 0 bridgehead atoms. The number of aromatic amines is 1. The number of anilines is 3. The molecule has 2 aliphatic rings. The van der Waals surface area contributed by atoms with Crippen LogP contribution in [0.3, 0.4) is 0 Å². The number of pyridine rings is 1. The minimum absolute atomic E-state index is 0.0438. The van der Waals surface area contributed by atoms with Gasteiger partial charge < -0.3 is 19.9 Å². The summed E-state index contributed by atoms with van der Waals surface area (Å²) in [6, 6.07) is -0.731. The number of fused-ring (bicyclic) bond motifs is 3. The molecule has 0 radical (unpaired) electrons. The standard InChI is InChI=1S/C24H25F6N7O4/c1-3-36-16-8-14(23(25,26)27)9-31-20(16)37-6-5-35(11-17(37)22(36)40)18(38)4-7-41-12-13(2)33-15-10-32-34-21(39)19(15)24(28,29)30/h3,8-10,13,17H,1,4-7,11-12H2,2H3,(H2,33,34,39)/t13-,17-/m0/s1. The molecule has 2 aromatic rings. The zero-order chi connectivity index (χ0) is 30.1. The molecular weight excluding hydrogens is 564 g/mol. The van der Waals surface area contributed by atoms with E-state index in [-0.39, 0.29) is 56.7 Å². The summed E-state index contributed by atoms with van der Waals surface area (Å²) in [5, 5.41) is 7.64. The van der Waals surface area contributed by atoms with E-state index in [9.17, 15) is 40.7 Å². The summed E-state index contributed by atoms with van der Waals surface area (Å²) in [5.74, 6) is -0.744. The van der Waals surface area contributed by atoms with Gasteiger partial charge in [-0.15, -0.1) is 0 Å². The number of alkyl halides is 6. The van der Waals surface area contributed by atoms with E-state index in [1.165, 1.54) is 11.8 Å². The highest BCUT2D eigenvalue weighted by atomic mass is 19.4. The SMILES string of the molecule is C=CN1C(=O)[C@@H]2CN(C(=O)CCOC[C@H](C)Nc3cn[nH]c(=O)c3C(F)(F)F)CCN2c2ncc(C(F)(F)F)cc21. The lowest BCUT2D eigenvalue weighted by Crippen LogP contribution is -2.63. The summed E-state index contributed by atoms with van der Waals surface area (Å²) in [7, 11) is 0. The van der Waals surface area contributed by atoms with Gasteiger partial charge in [-0.05, 0) is 13.0 Å². The van der Waals surface area contributed by atoms with Crippen molar-refractivity contribution in [3.05, 3.63) is 52.7 Å². The molecule has 11 nitrogen and oxygen atoms in total. The molecule has 0 spiro atoms. The number of nitrogens with one attached hydrogen (secondary N) is 2. The first kappa shape index (κ1) is 29.8. The number of nitrogens with zero attached hydrogens (tertiary/aromatic N) is 5. The molecule has 1 saturated heterocycles. The molecule has 2 amide bonds. The number of aromatic nitrogens is 3. The fourth-order valence-corrected chi connectivity index (χ4v) is 4.62. The molecule has 0 unspecified atom stereocenters. The number of hydrogen-bond acceptors (Lipinski definition) is 8. The average Bonchev–Trinajstić information content (AvgIpc) is 2.89. The van der Waals surface area contributed by atoms with Gasteiger partial charge in [-0.25, -0.2) is 10.1 Å². The highest BCUT2D eigenvalue weighted by Crippen LogP contribution is 2.40. The first-order valence-electron chi connectivity index (χ1n) is 12.3. The van der Waals surface area contributed by atoms with Gasteiger partial charge in [0, 0.05) is 31.5 Å². The monoisotopic (exact) mass is 589 g/mol. The van der Waals surface area contributed by atoms with Crippen LogP contribution in [0.2, 0.25) is 0 Å². The maximum absolute atomic E-state index is 13.2. The van der Waals surface area contributed by atoms with Crippen LogP contribution in [0.1, 0.15) is 24.5 Å². The number of carbonyl (C=O) groups excluding carboxylic acids is 2. The van der Waals surface area contributed by atoms with Crippen molar-refractivity contribution in [1.29, 1.82) is 0 Å². The van der Waals surface area contributed by atoms with Crippen LogP contribution in [0.25, 0.3) is 0 Å². The van der Waals surface area contributed by atoms with E-state index in [0.717, 1.165) is 23.4 Å². The van der Waals surface area contributed by atoms with Gasteiger partial charge >= 0.3 is 12.4 Å². The third-order valence-electron chi connectivity index (χ3n) is 6.51. The van der Waals surface area contributed by atoms with Crippen molar-refractivity contribution in [2.45, 2.75) is 37.8 Å². The maximum Gasteiger partial charge on any atom is 0.423 e. The molecule has 222 valence electrons. The van der Waals surface area contributed by atoms with Crippen molar-refractivity contribution < 1.29 is 40.7 Å². The molecule has 2 aromatic heterocycles. The van der Waals surface area contributed by atoms with E-state index in [1.807, 2.05) is 0 Å². The summed E-state index contributed by atoms with van der Waals surface area (Å²) in [6.45, 7) is 5.15. The van der Waals surface area contributed by atoms with E-state index in [0.29, 0.717) is 6.20 Å². The first-order chi connectivity index (χ1) is 19.2. The van der Waals surface area contributed by atoms with E-state index in [4.69, 9.17) is 4.74 Å². The van der Waals surface area contributed by atoms with Gasteiger partial charge in [0.15, 0.2) is 5.82 Å². The quantitative estimate of drug-likeness (QED) is 0.356. The molecule has 0 aliphatic carbocycles. The zero-order valence-electron chi connectivity index (χ0n) is 21.6. The van der Waals surface area contributed by atoms with Gasteiger partial charge in [0.05, 0.1) is 49.3 Å². The predicted molar refractivity (Wildman–Crippen MR) is 133 cm³/mol. The molecule has 2 aliphatic heterocycles. The van der Waals surface area contributed by atoms with Gasteiger partial charge in [0.25, 0.3) is 11.5 Å². The van der Waals surface area contributed by atoms with Gasteiger partial charge in [-0.2, -0.15) is 31.4 Å². The lowest BCUT2D eigenvalue weighted by molar-refractivity contribution is -0.138. The minimum atomic E-state index is -4.90. The Labute approximate surface area is 228 Å². The summed E-state index contributed by atoms with van der Waals surface area (Å²) in [6.07, 6.45) is -7.02. The average molecular weight is 589 g/mol. The number of carbonyl (C=O) groups is 2. The molecule has 2 atom stereocenters. The Morgan fingerprint density at radius 2 is 1.95 bits per heavy atom. The lowest BCUT2D eigenvalue weighted by Gasteiger charge is -2.46. The maximum atomic E-state index is 13.2. The molecule has 4 heterocycles. The van der Waals surface area contributed by atoms with Crippen LogP contribution in [-0.4, -0.2) is 76.8 Å². The number of rotatable bonds is 8. The molecule has 4 rings (SSSR count). The number of halogens is 6. The van der Waals surface area contributed by atoms with Crippen LogP contribution in [0.4, 0.5) is 43.5 Å². The Hall–Kier alpha value is -4.15. The molecule has 0 aromatic carbocycles. The Bertz CT molecular complexity index is 1380. The number of piperazine rings is 1. The van der Waals surface area contributed by atoms with Gasteiger partial charge in [0.1, 0.15) is 11.6 Å². The highest BCUT2D eigenvalue weighted by molar-refractivity contribution is 6.06. The fraction of sp³-hybridized carbons (Fsp3) is 0.458. The molecule has 41 heavy (non-hydrogen) atoms. The van der Waals surface area contributed by atoms with E-state index in [1.54, 1.807) is 10.00 Å². The second-order valence-electron chi connectivity index (χ2n) is 9.36. The van der Waals surface area contributed by atoms with Crippen molar-refractivity contribution in [2.75, 3.05) is 48.0 Å². The highest BCUT2D eigenvalue weighted by Gasteiger charge is 2.44. The van der Waals surface area contributed by atoms with Crippen LogP contribution in [0.15, 0.2) is 36.0 Å². The summed E-state index contributed by atoms with van der Waals surface area (Å²) < 4.78 is 84.6. The number of hydrogen-bond donors (Lipinski definition) is 2. The van der Waals surface area contributed by atoms with E-state index < -0.39 is 52.7 Å². The third-order valence-corrected chi connectivity index (χ3v) is 6.51. The van der Waals surface area contributed by atoms with Crippen molar-refractivity contribution in [2.24, 2.45) is 0 Å². The second-order valence-corrected chi connectivity index (χ2v) is 9.36. The van der Waals surface area contributed by atoms with Gasteiger partial charge in [0.2, 0.25) is 5.91 Å². The summed E-state index contributed by atoms with van der Waals surface area (Å²) in [5.41, 5.74) is -4.38. The van der Waals surface area contributed by atoms with E-state index >= 15 is 0 Å². The Kier molecular flexibility index (Phi) is 8.28. The van der Waals surface area contributed by atoms with Crippen molar-refractivity contribution in [3.8, 4) is 0 Å². The minimum Gasteiger partial charge on any atom is -0.379 e. The molecular formula is C24H25F6N7O4. The van der Waals surface area contributed by atoms with Crippen molar-refractivity contribution in [3.63, 3.8) is 0 Å². The normalized spacial score (nSPS) is 18.1. The fourth-order valence-electron chi connectivity index (χ4n) is 4.62. The van der Waals surface area contributed by atoms with Crippen LogP contribution in [-0.2, 0) is 26.7 Å². The van der Waals surface area contributed by atoms with Crippen molar-refractivity contribution >= 4 is 29.0 Å². The second kappa shape index (κ2) is 11.4. The largest absolute Gasteiger partial charge is 0.423 e. The van der Waals surface area contributed by atoms with E-state index in [2.05, 4.69) is 22.0 Å². The number of H-pyrrole nitrogens is 1. The van der Waals surface area contributed by atoms with Gasteiger partial charge in [-0.3, -0.25) is 19.3 Å². The lowest BCUT2D eigenvalue weighted by atomic mass is 10.0. The molecule has 2 N–H and O–H groups in total. The zero-order valence-corrected chi connectivity index (χ0v) is 21.6.